The third-order valence-electron chi connectivity index (χ3n) is 6.12. The van der Waals surface area contributed by atoms with Gasteiger partial charge in [-0.1, -0.05) is 6.42 Å². The molecule has 4 rings (SSSR count). The Hall–Kier alpha value is -0.0800. The zero-order valence-corrected chi connectivity index (χ0v) is 10.7. The maximum absolute atomic E-state index is 5.46. The van der Waals surface area contributed by atoms with E-state index < -0.39 is 0 Å². The summed E-state index contributed by atoms with van der Waals surface area (Å²) in [6.45, 7) is 3.21. The van der Waals surface area contributed by atoms with E-state index in [2.05, 4.69) is 5.32 Å². The molecule has 0 spiro atoms. The van der Waals surface area contributed by atoms with Crippen LogP contribution in [0.25, 0.3) is 0 Å². The minimum absolute atomic E-state index is 0.800. The lowest BCUT2D eigenvalue weighted by Crippen LogP contribution is -2.41. The van der Waals surface area contributed by atoms with Crippen LogP contribution >= 0.6 is 0 Å². The Balaban J connectivity index is 1.34. The lowest BCUT2D eigenvalue weighted by Gasteiger charge is -2.32. The SMILES string of the molecule is C1CC2C3CC(NCC4CCOC4)C(C3)C2C1. The molecule has 2 heteroatoms. The molecule has 1 aliphatic heterocycles. The van der Waals surface area contributed by atoms with Crippen molar-refractivity contribution in [1.82, 2.24) is 5.32 Å². The van der Waals surface area contributed by atoms with Crippen molar-refractivity contribution in [3.05, 3.63) is 0 Å². The van der Waals surface area contributed by atoms with Crippen LogP contribution in [0.15, 0.2) is 0 Å². The number of rotatable bonds is 3. The molecule has 6 atom stereocenters. The fourth-order valence-electron chi connectivity index (χ4n) is 5.37. The standard InChI is InChI=1S/C15H25NO/c1-2-12-11-6-14(13(12)3-1)15(7-11)16-8-10-4-5-17-9-10/h10-16H,1-9H2. The maximum Gasteiger partial charge on any atom is 0.0507 e. The Bertz CT molecular complexity index is 287. The Morgan fingerprint density at radius 2 is 1.94 bits per heavy atom. The van der Waals surface area contributed by atoms with Crippen LogP contribution in [0.2, 0.25) is 0 Å². The number of nitrogens with one attached hydrogen (secondary N) is 1. The van der Waals surface area contributed by atoms with Crippen molar-refractivity contribution >= 4 is 0 Å². The molecule has 2 bridgehead atoms. The molecule has 2 nitrogen and oxygen atoms in total. The van der Waals surface area contributed by atoms with E-state index in [-0.39, 0.29) is 0 Å². The number of hydrogen-bond acceptors (Lipinski definition) is 2. The van der Waals surface area contributed by atoms with Crippen LogP contribution in [-0.2, 0) is 4.74 Å². The van der Waals surface area contributed by atoms with Gasteiger partial charge in [0, 0.05) is 19.2 Å². The molecular formula is C15H25NO. The predicted octanol–water partition coefficient (Wildman–Crippen LogP) is 2.44. The summed E-state index contributed by atoms with van der Waals surface area (Å²) in [5.74, 6) is 5.16. The monoisotopic (exact) mass is 235 g/mol. The lowest BCUT2D eigenvalue weighted by atomic mass is 9.79. The first-order chi connectivity index (χ1) is 8.42. The van der Waals surface area contributed by atoms with E-state index in [1.54, 1.807) is 12.8 Å². The van der Waals surface area contributed by atoms with E-state index in [1.165, 1.54) is 32.2 Å². The van der Waals surface area contributed by atoms with Crippen molar-refractivity contribution in [3.8, 4) is 0 Å². The summed E-state index contributed by atoms with van der Waals surface area (Å²) >= 11 is 0. The van der Waals surface area contributed by atoms with Crippen molar-refractivity contribution in [2.24, 2.45) is 29.6 Å². The third kappa shape index (κ3) is 1.76. The zero-order valence-electron chi connectivity index (χ0n) is 10.7. The van der Waals surface area contributed by atoms with Gasteiger partial charge in [-0.25, -0.2) is 0 Å². The van der Waals surface area contributed by atoms with Crippen molar-refractivity contribution < 1.29 is 4.74 Å². The average Bonchev–Trinajstić information content (AvgIpc) is 3.08. The highest BCUT2D eigenvalue weighted by molar-refractivity contribution is 5.05. The largest absolute Gasteiger partial charge is 0.381 e. The second-order valence-electron chi connectivity index (χ2n) is 6.90. The van der Waals surface area contributed by atoms with Gasteiger partial charge in [-0.05, 0) is 61.7 Å². The predicted molar refractivity (Wildman–Crippen MR) is 67.8 cm³/mol. The molecule has 0 amide bonds. The van der Waals surface area contributed by atoms with E-state index >= 15 is 0 Å². The summed E-state index contributed by atoms with van der Waals surface area (Å²) in [6, 6.07) is 0.861. The Kier molecular flexibility index (Phi) is 2.69. The summed E-state index contributed by atoms with van der Waals surface area (Å²) in [5.41, 5.74) is 0. The summed E-state index contributed by atoms with van der Waals surface area (Å²) in [5, 5.41) is 3.89. The highest BCUT2D eigenvalue weighted by Gasteiger charge is 2.53. The Morgan fingerprint density at radius 1 is 1.00 bits per heavy atom. The molecule has 96 valence electrons. The van der Waals surface area contributed by atoms with E-state index in [1.807, 2.05) is 0 Å². The number of fused-ring (bicyclic) bond motifs is 5. The molecule has 0 aromatic heterocycles. The molecular weight excluding hydrogens is 210 g/mol. The Labute approximate surface area is 104 Å². The molecule has 1 N–H and O–H groups in total. The van der Waals surface area contributed by atoms with E-state index in [4.69, 9.17) is 4.74 Å². The van der Waals surface area contributed by atoms with Gasteiger partial charge in [-0.15, -0.1) is 0 Å². The minimum atomic E-state index is 0.800. The molecule has 17 heavy (non-hydrogen) atoms. The average molecular weight is 235 g/mol. The van der Waals surface area contributed by atoms with Crippen molar-refractivity contribution in [2.75, 3.05) is 19.8 Å². The van der Waals surface area contributed by atoms with Gasteiger partial charge in [0.05, 0.1) is 6.61 Å². The summed E-state index contributed by atoms with van der Waals surface area (Å²) < 4.78 is 5.46. The molecule has 3 aliphatic carbocycles. The first-order valence-corrected chi connectivity index (χ1v) is 7.73. The smallest absolute Gasteiger partial charge is 0.0507 e. The number of hydrogen-bond donors (Lipinski definition) is 1. The topological polar surface area (TPSA) is 21.3 Å². The number of ether oxygens (including phenoxy) is 1. The van der Waals surface area contributed by atoms with Crippen LogP contribution < -0.4 is 5.32 Å². The fourth-order valence-corrected chi connectivity index (χ4v) is 5.37. The van der Waals surface area contributed by atoms with Gasteiger partial charge in [0.1, 0.15) is 0 Å². The van der Waals surface area contributed by atoms with Crippen LogP contribution in [0.4, 0.5) is 0 Å². The second kappa shape index (κ2) is 4.24. The lowest BCUT2D eigenvalue weighted by molar-refractivity contribution is 0.177. The summed E-state index contributed by atoms with van der Waals surface area (Å²) in [7, 11) is 0. The summed E-state index contributed by atoms with van der Waals surface area (Å²) in [4.78, 5) is 0. The normalized spacial score (nSPS) is 52.2. The zero-order chi connectivity index (χ0) is 11.2. The van der Waals surface area contributed by atoms with Gasteiger partial charge in [0.2, 0.25) is 0 Å². The van der Waals surface area contributed by atoms with Crippen LogP contribution in [0.5, 0.6) is 0 Å². The minimum Gasteiger partial charge on any atom is -0.381 e. The van der Waals surface area contributed by atoms with Crippen LogP contribution in [0.1, 0.15) is 38.5 Å². The molecule has 4 fully saturated rings. The third-order valence-corrected chi connectivity index (χ3v) is 6.12. The van der Waals surface area contributed by atoms with E-state index in [0.717, 1.165) is 48.8 Å². The van der Waals surface area contributed by atoms with Gasteiger partial charge >= 0.3 is 0 Å². The molecule has 0 aromatic rings. The van der Waals surface area contributed by atoms with Crippen LogP contribution in [0, 0.1) is 29.6 Å². The van der Waals surface area contributed by atoms with Gasteiger partial charge in [0.25, 0.3) is 0 Å². The van der Waals surface area contributed by atoms with Crippen LogP contribution in [-0.4, -0.2) is 25.8 Å². The van der Waals surface area contributed by atoms with Crippen molar-refractivity contribution in [3.63, 3.8) is 0 Å². The fraction of sp³-hybridized carbons (Fsp3) is 1.00. The quantitative estimate of drug-likeness (QED) is 0.811. The molecule has 1 saturated heterocycles. The van der Waals surface area contributed by atoms with Gasteiger partial charge in [-0.2, -0.15) is 0 Å². The van der Waals surface area contributed by atoms with Gasteiger partial charge in [-0.3, -0.25) is 0 Å². The first-order valence-electron chi connectivity index (χ1n) is 7.73. The van der Waals surface area contributed by atoms with Gasteiger partial charge < -0.3 is 10.1 Å². The van der Waals surface area contributed by atoms with Crippen molar-refractivity contribution in [2.45, 2.75) is 44.6 Å². The van der Waals surface area contributed by atoms with Gasteiger partial charge in [0.15, 0.2) is 0 Å². The second-order valence-corrected chi connectivity index (χ2v) is 6.90. The highest BCUT2D eigenvalue weighted by atomic mass is 16.5. The molecule has 0 radical (unpaired) electrons. The molecule has 4 aliphatic rings. The van der Waals surface area contributed by atoms with Crippen LogP contribution in [0.3, 0.4) is 0 Å². The maximum atomic E-state index is 5.46. The van der Waals surface area contributed by atoms with E-state index in [0.29, 0.717) is 0 Å². The van der Waals surface area contributed by atoms with E-state index in [9.17, 15) is 0 Å². The molecule has 0 aromatic carbocycles. The Morgan fingerprint density at radius 3 is 2.82 bits per heavy atom. The summed E-state index contributed by atoms with van der Waals surface area (Å²) in [6.07, 6.45) is 8.92. The van der Waals surface area contributed by atoms with Crippen molar-refractivity contribution in [1.29, 1.82) is 0 Å². The first kappa shape index (κ1) is 10.8. The highest BCUT2D eigenvalue weighted by Crippen LogP contribution is 2.58. The molecule has 6 unspecified atom stereocenters. The molecule has 1 heterocycles. The molecule has 3 saturated carbocycles.